The van der Waals surface area contributed by atoms with Crippen LogP contribution in [0.2, 0.25) is 0 Å². The Kier molecular flexibility index (Phi) is 5.28. The summed E-state index contributed by atoms with van der Waals surface area (Å²) in [5.41, 5.74) is 2.11. The molecule has 3 unspecified atom stereocenters. The van der Waals surface area contributed by atoms with Gasteiger partial charge in [-0.2, -0.15) is 0 Å². The summed E-state index contributed by atoms with van der Waals surface area (Å²) >= 11 is 0. The second kappa shape index (κ2) is 7.60. The maximum atomic E-state index is 11.6. The smallest absolute Gasteiger partial charge is 0.325 e. The lowest BCUT2D eigenvalue weighted by Gasteiger charge is -2.25. The minimum Gasteiger partial charge on any atom is -0.480 e. The first-order valence-corrected chi connectivity index (χ1v) is 8.48. The van der Waals surface area contributed by atoms with Gasteiger partial charge in [0.2, 0.25) is 0 Å². The zero-order valence-corrected chi connectivity index (χ0v) is 13.9. The number of carbonyl (C=O) groups is 1. The molecule has 0 aromatic heterocycles. The number of hydrogen-bond donors (Lipinski definition) is 2. The Hall–Kier alpha value is -2.17. The molecule has 0 aliphatic carbocycles. The largest absolute Gasteiger partial charge is 0.480 e. The highest BCUT2D eigenvalue weighted by molar-refractivity contribution is 5.75. The number of benzene rings is 2. The summed E-state index contributed by atoms with van der Waals surface area (Å²) < 4.78 is 0. The molecule has 0 bridgehead atoms. The van der Waals surface area contributed by atoms with E-state index in [0.717, 1.165) is 25.1 Å². The maximum absolute atomic E-state index is 11.6. The molecule has 0 spiro atoms. The van der Waals surface area contributed by atoms with Crippen molar-refractivity contribution in [2.45, 2.75) is 31.5 Å². The van der Waals surface area contributed by atoms with Crippen molar-refractivity contribution >= 4 is 5.97 Å². The lowest BCUT2D eigenvalue weighted by atomic mass is 10.1. The van der Waals surface area contributed by atoms with Crippen LogP contribution in [0, 0.1) is 0 Å². The van der Waals surface area contributed by atoms with E-state index in [-0.39, 0.29) is 6.04 Å². The Bertz CT molecular complexity index is 660. The Morgan fingerprint density at radius 3 is 2.25 bits per heavy atom. The molecule has 2 aromatic rings. The van der Waals surface area contributed by atoms with Gasteiger partial charge in [-0.3, -0.25) is 15.0 Å². The van der Waals surface area contributed by atoms with Gasteiger partial charge in [-0.25, -0.2) is 0 Å². The van der Waals surface area contributed by atoms with Crippen molar-refractivity contribution in [3.63, 3.8) is 0 Å². The second-order valence-electron chi connectivity index (χ2n) is 6.42. The van der Waals surface area contributed by atoms with Gasteiger partial charge in [0, 0.05) is 25.2 Å². The van der Waals surface area contributed by atoms with E-state index >= 15 is 0 Å². The van der Waals surface area contributed by atoms with Gasteiger partial charge >= 0.3 is 5.97 Å². The van der Waals surface area contributed by atoms with Crippen LogP contribution in [0.3, 0.4) is 0 Å². The number of carboxylic acid groups (broad SMARTS) is 1. The van der Waals surface area contributed by atoms with Crippen molar-refractivity contribution in [3.05, 3.63) is 71.8 Å². The van der Waals surface area contributed by atoms with E-state index in [1.54, 1.807) is 0 Å². The predicted octanol–water partition coefficient (Wildman–Crippen LogP) is 3.24. The lowest BCUT2D eigenvalue weighted by molar-refractivity contribution is -0.139. The molecule has 2 N–H and O–H groups in total. The Morgan fingerprint density at radius 1 is 1.08 bits per heavy atom. The molecular weight excluding hydrogens is 300 g/mol. The van der Waals surface area contributed by atoms with Crippen molar-refractivity contribution in [2.24, 2.45) is 0 Å². The lowest BCUT2D eigenvalue weighted by Crippen LogP contribution is -2.39. The first-order valence-electron chi connectivity index (χ1n) is 8.48. The molecule has 4 nitrogen and oxygen atoms in total. The zero-order valence-electron chi connectivity index (χ0n) is 13.9. The van der Waals surface area contributed by atoms with Crippen LogP contribution < -0.4 is 5.32 Å². The molecule has 24 heavy (non-hydrogen) atoms. The van der Waals surface area contributed by atoms with Crippen molar-refractivity contribution < 1.29 is 9.90 Å². The number of nitrogens with zero attached hydrogens (tertiary/aromatic N) is 1. The van der Waals surface area contributed by atoms with Gasteiger partial charge in [0.15, 0.2) is 0 Å². The molecule has 4 heteroatoms. The number of likely N-dealkylation sites (tertiary alicyclic amines) is 1. The maximum Gasteiger partial charge on any atom is 0.325 e. The van der Waals surface area contributed by atoms with E-state index in [9.17, 15) is 9.90 Å². The third-order valence-electron chi connectivity index (χ3n) is 4.83. The van der Waals surface area contributed by atoms with Crippen LogP contribution >= 0.6 is 0 Å². The Labute approximate surface area is 143 Å². The summed E-state index contributed by atoms with van der Waals surface area (Å²) in [6.07, 6.45) is 0.966. The number of nitrogens with one attached hydrogen (secondary N) is 1. The summed E-state index contributed by atoms with van der Waals surface area (Å²) in [5.74, 6) is -0.823. The predicted molar refractivity (Wildman–Crippen MR) is 94.8 cm³/mol. The SMILES string of the molecule is CC(c1ccccc1)N1CCC(NC(C(=O)O)c2ccccc2)C1. The molecule has 0 saturated carbocycles. The fourth-order valence-electron chi connectivity index (χ4n) is 3.41. The van der Waals surface area contributed by atoms with Crippen LogP contribution in [0.25, 0.3) is 0 Å². The highest BCUT2D eigenvalue weighted by atomic mass is 16.4. The average molecular weight is 324 g/mol. The standard InChI is InChI=1S/C20H24N2O2/c1-15(16-8-4-2-5-9-16)22-13-12-18(14-22)21-19(20(23)24)17-10-6-3-7-11-17/h2-11,15,18-19,21H,12-14H2,1H3,(H,23,24). The number of rotatable bonds is 6. The minimum atomic E-state index is -0.823. The van der Waals surface area contributed by atoms with Crippen molar-refractivity contribution in [1.29, 1.82) is 0 Å². The molecule has 1 saturated heterocycles. The van der Waals surface area contributed by atoms with Gasteiger partial charge in [-0.15, -0.1) is 0 Å². The van der Waals surface area contributed by atoms with E-state index in [1.165, 1.54) is 5.56 Å². The number of carboxylic acids is 1. The topological polar surface area (TPSA) is 52.6 Å². The first kappa shape index (κ1) is 16.7. The van der Waals surface area contributed by atoms with Crippen molar-refractivity contribution in [1.82, 2.24) is 10.2 Å². The fourth-order valence-corrected chi connectivity index (χ4v) is 3.41. The van der Waals surface area contributed by atoms with Gasteiger partial charge in [-0.05, 0) is 24.5 Å². The summed E-state index contributed by atoms with van der Waals surface area (Å²) in [7, 11) is 0. The van der Waals surface area contributed by atoms with Crippen LogP contribution in [0.4, 0.5) is 0 Å². The molecule has 126 valence electrons. The molecule has 1 heterocycles. The van der Waals surface area contributed by atoms with Crippen LogP contribution in [-0.4, -0.2) is 35.1 Å². The quantitative estimate of drug-likeness (QED) is 0.856. The monoisotopic (exact) mass is 324 g/mol. The zero-order chi connectivity index (χ0) is 16.9. The summed E-state index contributed by atoms with van der Waals surface area (Å²) in [6.45, 7) is 4.06. The highest BCUT2D eigenvalue weighted by Crippen LogP contribution is 2.25. The van der Waals surface area contributed by atoms with E-state index in [0.29, 0.717) is 6.04 Å². The van der Waals surface area contributed by atoms with Crippen molar-refractivity contribution in [3.8, 4) is 0 Å². The van der Waals surface area contributed by atoms with Crippen LogP contribution in [-0.2, 0) is 4.79 Å². The van der Waals surface area contributed by atoms with Crippen LogP contribution in [0.15, 0.2) is 60.7 Å². The number of aliphatic carboxylic acids is 1. The molecule has 1 fully saturated rings. The van der Waals surface area contributed by atoms with Gasteiger partial charge < -0.3 is 5.11 Å². The molecule has 0 radical (unpaired) electrons. The molecule has 1 aliphatic rings. The van der Waals surface area contributed by atoms with Crippen LogP contribution in [0.1, 0.15) is 36.6 Å². The first-order chi connectivity index (χ1) is 11.6. The van der Waals surface area contributed by atoms with E-state index < -0.39 is 12.0 Å². The second-order valence-corrected chi connectivity index (χ2v) is 6.42. The Balaban J connectivity index is 1.64. The molecule has 0 amide bonds. The van der Waals surface area contributed by atoms with E-state index in [1.807, 2.05) is 36.4 Å². The molecule has 3 atom stereocenters. The normalized spacial score (nSPS) is 20.6. The molecule has 3 rings (SSSR count). The van der Waals surface area contributed by atoms with Gasteiger partial charge in [0.1, 0.15) is 6.04 Å². The van der Waals surface area contributed by atoms with Crippen LogP contribution in [0.5, 0.6) is 0 Å². The van der Waals surface area contributed by atoms with Crippen molar-refractivity contribution in [2.75, 3.05) is 13.1 Å². The average Bonchev–Trinajstić information content (AvgIpc) is 3.09. The highest BCUT2D eigenvalue weighted by Gasteiger charge is 2.30. The van der Waals surface area contributed by atoms with Gasteiger partial charge in [0.05, 0.1) is 0 Å². The van der Waals surface area contributed by atoms with Gasteiger partial charge in [0.25, 0.3) is 0 Å². The third-order valence-corrected chi connectivity index (χ3v) is 4.83. The summed E-state index contributed by atoms with van der Waals surface area (Å²) in [4.78, 5) is 14.1. The Morgan fingerprint density at radius 2 is 1.67 bits per heavy atom. The summed E-state index contributed by atoms with van der Waals surface area (Å²) in [6, 6.07) is 19.7. The molecular formula is C20H24N2O2. The third kappa shape index (κ3) is 3.83. The van der Waals surface area contributed by atoms with Gasteiger partial charge in [-0.1, -0.05) is 60.7 Å². The number of hydrogen-bond acceptors (Lipinski definition) is 3. The molecule has 2 aromatic carbocycles. The summed E-state index contributed by atoms with van der Waals surface area (Å²) in [5, 5.41) is 12.9. The fraction of sp³-hybridized carbons (Fsp3) is 0.350. The minimum absolute atomic E-state index is 0.192. The van der Waals surface area contributed by atoms with E-state index in [4.69, 9.17) is 0 Å². The molecule has 1 aliphatic heterocycles. The van der Waals surface area contributed by atoms with E-state index in [2.05, 4.69) is 41.4 Å².